The van der Waals surface area contributed by atoms with Crippen LogP contribution in [0.15, 0.2) is 65.1 Å². The van der Waals surface area contributed by atoms with Crippen molar-refractivity contribution in [1.82, 2.24) is 0 Å². The molecule has 0 amide bonds. The summed E-state index contributed by atoms with van der Waals surface area (Å²) in [6.45, 7) is 0.768. The predicted molar refractivity (Wildman–Crippen MR) is 94.9 cm³/mol. The van der Waals surface area contributed by atoms with Crippen LogP contribution in [-0.2, 0) is 11.3 Å². The molecule has 118 valence electrons. The third-order valence-electron chi connectivity index (χ3n) is 3.44. The molecular weight excluding hydrogens is 356 g/mol. The highest BCUT2D eigenvalue weighted by Crippen LogP contribution is 2.32. The lowest BCUT2D eigenvalue weighted by atomic mass is 10.1. The van der Waals surface area contributed by atoms with Gasteiger partial charge < -0.3 is 14.2 Å². The maximum Gasteiger partial charge on any atom is 0.188 e. The maximum absolute atomic E-state index is 5.87. The second-order valence-corrected chi connectivity index (χ2v) is 5.97. The zero-order valence-electron chi connectivity index (χ0n) is 12.8. The van der Waals surface area contributed by atoms with Gasteiger partial charge in [0.05, 0.1) is 4.47 Å². The van der Waals surface area contributed by atoms with E-state index in [2.05, 4.69) is 28.1 Å². The zero-order chi connectivity index (χ0) is 16.1. The maximum atomic E-state index is 5.87. The Bertz CT molecular complexity index is 787. The van der Waals surface area contributed by atoms with E-state index < -0.39 is 0 Å². The first kappa shape index (κ1) is 15.8. The van der Waals surface area contributed by atoms with Crippen molar-refractivity contribution < 1.29 is 14.2 Å². The SMILES string of the molecule is COCOc1cc2cc(OCc3ccccc3)ccc2cc1Br. The van der Waals surface area contributed by atoms with Gasteiger partial charge in [0.15, 0.2) is 6.79 Å². The van der Waals surface area contributed by atoms with Crippen molar-refractivity contribution in [3.05, 3.63) is 70.7 Å². The smallest absolute Gasteiger partial charge is 0.188 e. The van der Waals surface area contributed by atoms with E-state index in [1.54, 1.807) is 7.11 Å². The van der Waals surface area contributed by atoms with Gasteiger partial charge in [-0.25, -0.2) is 0 Å². The average molecular weight is 373 g/mol. The Balaban J connectivity index is 1.81. The average Bonchev–Trinajstić information content (AvgIpc) is 2.59. The first-order chi connectivity index (χ1) is 11.3. The van der Waals surface area contributed by atoms with Gasteiger partial charge in [0.2, 0.25) is 0 Å². The number of rotatable bonds is 6. The molecule has 0 saturated carbocycles. The van der Waals surface area contributed by atoms with Crippen molar-refractivity contribution >= 4 is 26.7 Å². The first-order valence-electron chi connectivity index (χ1n) is 7.28. The van der Waals surface area contributed by atoms with Crippen LogP contribution in [0.1, 0.15) is 5.56 Å². The fraction of sp³-hybridized carbons (Fsp3) is 0.158. The minimum absolute atomic E-state index is 0.217. The zero-order valence-corrected chi connectivity index (χ0v) is 14.4. The Labute approximate surface area is 143 Å². The third-order valence-corrected chi connectivity index (χ3v) is 4.06. The molecule has 0 aliphatic heterocycles. The van der Waals surface area contributed by atoms with E-state index in [9.17, 15) is 0 Å². The quantitative estimate of drug-likeness (QED) is 0.559. The van der Waals surface area contributed by atoms with Crippen LogP contribution >= 0.6 is 15.9 Å². The lowest BCUT2D eigenvalue weighted by molar-refractivity contribution is 0.0507. The Morgan fingerprint density at radius 1 is 0.870 bits per heavy atom. The van der Waals surface area contributed by atoms with Gasteiger partial charge in [0.1, 0.15) is 18.1 Å². The van der Waals surface area contributed by atoms with Crippen molar-refractivity contribution in [2.45, 2.75) is 6.61 Å². The molecule has 3 rings (SSSR count). The second-order valence-electron chi connectivity index (χ2n) is 5.12. The number of hydrogen-bond acceptors (Lipinski definition) is 3. The van der Waals surface area contributed by atoms with Crippen LogP contribution in [0.5, 0.6) is 11.5 Å². The highest BCUT2D eigenvalue weighted by atomic mass is 79.9. The molecule has 3 aromatic rings. The molecule has 0 atom stereocenters. The van der Waals surface area contributed by atoms with E-state index in [-0.39, 0.29) is 6.79 Å². The van der Waals surface area contributed by atoms with Crippen molar-refractivity contribution in [2.24, 2.45) is 0 Å². The minimum atomic E-state index is 0.217. The summed E-state index contributed by atoms with van der Waals surface area (Å²) in [6.07, 6.45) is 0. The van der Waals surface area contributed by atoms with E-state index >= 15 is 0 Å². The molecule has 0 unspecified atom stereocenters. The summed E-state index contributed by atoms with van der Waals surface area (Å²) in [7, 11) is 1.60. The molecule has 0 fully saturated rings. The predicted octanol–water partition coefficient (Wildman–Crippen LogP) is 5.16. The largest absolute Gasteiger partial charge is 0.489 e. The fourth-order valence-electron chi connectivity index (χ4n) is 2.29. The summed E-state index contributed by atoms with van der Waals surface area (Å²) in [6, 6.07) is 20.2. The fourth-order valence-corrected chi connectivity index (χ4v) is 2.77. The Morgan fingerprint density at radius 2 is 1.70 bits per heavy atom. The number of hydrogen-bond donors (Lipinski definition) is 0. The number of methoxy groups -OCH3 is 1. The van der Waals surface area contributed by atoms with Gasteiger partial charge in [-0.2, -0.15) is 0 Å². The summed E-state index contributed by atoms with van der Waals surface area (Å²) in [4.78, 5) is 0. The molecule has 3 nitrogen and oxygen atoms in total. The third kappa shape index (κ3) is 4.03. The van der Waals surface area contributed by atoms with Crippen LogP contribution in [0.3, 0.4) is 0 Å². The Morgan fingerprint density at radius 3 is 2.48 bits per heavy atom. The number of benzene rings is 3. The normalized spacial score (nSPS) is 10.7. The van der Waals surface area contributed by atoms with Gasteiger partial charge in [-0.3, -0.25) is 0 Å². The molecule has 0 aliphatic rings. The highest BCUT2D eigenvalue weighted by Gasteiger charge is 2.06. The van der Waals surface area contributed by atoms with Crippen LogP contribution in [0, 0.1) is 0 Å². The Kier molecular flexibility index (Phi) is 5.16. The van der Waals surface area contributed by atoms with E-state index in [1.165, 1.54) is 0 Å². The monoisotopic (exact) mass is 372 g/mol. The summed E-state index contributed by atoms with van der Waals surface area (Å²) >= 11 is 3.52. The van der Waals surface area contributed by atoms with E-state index in [0.717, 1.165) is 32.3 Å². The van der Waals surface area contributed by atoms with Gasteiger partial charge in [0.25, 0.3) is 0 Å². The standard InChI is InChI=1S/C19H17BrO3/c1-21-13-23-19-11-16-9-17(8-7-15(16)10-18(19)20)22-12-14-5-3-2-4-6-14/h2-11H,12-13H2,1H3. The first-order valence-corrected chi connectivity index (χ1v) is 8.07. The van der Waals surface area contributed by atoms with Crippen LogP contribution in [-0.4, -0.2) is 13.9 Å². The van der Waals surface area contributed by atoms with Crippen LogP contribution in [0.25, 0.3) is 10.8 Å². The van der Waals surface area contributed by atoms with Gasteiger partial charge in [-0.1, -0.05) is 36.4 Å². The second kappa shape index (κ2) is 7.49. The van der Waals surface area contributed by atoms with Gasteiger partial charge in [0, 0.05) is 7.11 Å². The van der Waals surface area contributed by atoms with Gasteiger partial charge >= 0.3 is 0 Å². The highest BCUT2D eigenvalue weighted by molar-refractivity contribution is 9.10. The molecule has 0 aromatic heterocycles. The molecule has 3 aromatic carbocycles. The summed E-state index contributed by atoms with van der Waals surface area (Å²) in [5, 5.41) is 2.18. The number of halogens is 1. The van der Waals surface area contributed by atoms with E-state index in [0.29, 0.717) is 6.61 Å². The summed E-state index contributed by atoms with van der Waals surface area (Å²) in [5.74, 6) is 1.58. The molecule has 0 spiro atoms. The molecule has 0 N–H and O–H groups in total. The molecule has 0 radical (unpaired) electrons. The molecule has 0 heterocycles. The topological polar surface area (TPSA) is 27.7 Å². The summed E-state index contributed by atoms with van der Waals surface area (Å²) in [5.41, 5.74) is 1.15. The minimum Gasteiger partial charge on any atom is -0.489 e. The molecule has 0 saturated heterocycles. The number of ether oxygens (including phenoxy) is 3. The summed E-state index contributed by atoms with van der Waals surface area (Å²) < 4.78 is 17.3. The van der Waals surface area contributed by atoms with Crippen molar-refractivity contribution in [3.8, 4) is 11.5 Å². The van der Waals surface area contributed by atoms with Gasteiger partial charge in [-0.05, 0) is 56.5 Å². The van der Waals surface area contributed by atoms with Crippen molar-refractivity contribution in [3.63, 3.8) is 0 Å². The van der Waals surface area contributed by atoms with Crippen LogP contribution in [0.4, 0.5) is 0 Å². The van der Waals surface area contributed by atoms with E-state index in [4.69, 9.17) is 14.2 Å². The number of fused-ring (bicyclic) bond motifs is 1. The van der Waals surface area contributed by atoms with Gasteiger partial charge in [-0.15, -0.1) is 0 Å². The Hall–Kier alpha value is -2.04. The molecule has 0 bridgehead atoms. The lowest BCUT2D eigenvalue weighted by Gasteiger charge is -2.11. The molecular formula is C19H17BrO3. The van der Waals surface area contributed by atoms with Crippen molar-refractivity contribution in [2.75, 3.05) is 13.9 Å². The van der Waals surface area contributed by atoms with Crippen LogP contribution < -0.4 is 9.47 Å². The molecule has 4 heteroatoms. The van der Waals surface area contributed by atoms with E-state index in [1.807, 2.05) is 48.5 Å². The molecule has 0 aliphatic carbocycles. The van der Waals surface area contributed by atoms with Crippen LogP contribution in [0.2, 0.25) is 0 Å². The molecule has 23 heavy (non-hydrogen) atoms. The van der Waals surface area contributed by atoms with Crippen molar-refractivity contribution in [1.29, 1.82) is 0 Å². The lowest BCUT2D eigenvalue weighted by Crippen LogP contribution is -1.99.